The van der Waals surface area contributed by atoms with Gasteiger partial charge in [0.1, 0.15) is 0 Å². The number of hydrogen-bond acceptors (Lipinski definition) is 3. The highest BCUT2D eigenvalue weighted by Gasteiger charge is 2.37. The summed E-state index contributed by atoms with van der Waals surface area (Å²) in [5.41, 5.74) is 6.59. The van der Waals surface area contributed by atoms with E-state index >= 15 is 0 Å². The molecule has 0 radical (unpaired) electrons. The fraction of sp³-hybridized carbons (Fsp3) is 0.600. The maximum Gasteiger partial charge on any atom is 0.243 e. The van der Waals surface area contributed by atoms with Gasteiger partial charge >= 0.3 is 0 Å². The van der Waals surface area contributed by atoms with Crippen LogP contribution >= 0.6 is 0 Å². The molecule has 0 aromatic heterocycles. The Hall–Kier alpha value is -0.910. The Morgan fingerprint density at radius 3 is 2.40 bits per heavy atom. The van der Waals surface area contributed by atoms with Gasteiger partial charge in [-0.1, -0.05) is 25.5 Å². The summed E-state index contributed by atoms with van der Waals surface area (Å²) in [4.78, 5) is 0.404. The minimum absolute atomic E-state index is 0.218. The second-order valence-corrected chi connectivity index (χ2v) is 7.27. The van der Waals surface area contributed by atoms with E-state index in [2.05, 4.69) is 6.92 Å². The van der Waals surface area contributed by atoms with Crippen molar-refractivity contribution in [2.24, 2.45) is 5.73 Å². The lowest BCUT2D eigenvalue weighted by Gasteiger charge is -2.21. The molecule has 0 unspecified atom stereocenters. The van der Waals surface area contributed by atoms with E-state index in [1.54, 1.807) is 16.4 Å². The van der Waals surface area contributed by atoms with Crippen LogP contribution < -0.4 is 5.73 Å². The zero-order valence-corrected chi connectivity index (χ0v) is 12.9. The molecule has 112 valence electrons. The van der Waals surface area contributed by atoms with Crippen molar-refractivity contribution < 1.29 is 8.42 Å². The van der Waals surface area contributed by atoms with Gasteiger partial charge in [0, 0.05) is 12.6 Å². The van der Waals surface area contributed by atoms with Crippen molar-refractivity contribution in [3.05, 3.63) is 29.8 Å². The van der Waals surface area contributed by atoms with Crippen molar-refractivity contribution in [2.45, 2.75) is 50.0 Å². The van der Waals surface area contributed by atoms with Crippen molar-refractivity contribution in [3.63, 3.8) is 0 Å². The largest absolute Gasteiger partial charge is 0.330 e. The highest BCUT2D eigenvalue weighted by molar-refractivity contribution is 7.89. The number of benzene rings is 1. The maximum atomic E-state index is 12.7. The van der Waals surface area contributed by atoms with E-state index in [4.69, 9.17) is 5.73 Å². The number of hydrogen-bond donors (Lipinski definition) is 1. The smallest absolute Gasteiger partial charge is 0.243 e. The fourth-order valence-corrected chi connectivity index (χ4v) is 4.03. The Labute approximate surface area is 122 Å². The van der Waals surface area contributed by atoms with Crippen LogP contribution in [0.3, 0.4) is 0 Å². The van der Waals surface area contributed by atoms with E-state index in [0.717, 1.165) is 37.7 Å². The topological polar surface area (TPSA) is 63.4 Å². The molecule has 1 aliphatic carbocycles. The van der Waals surface area contributed by atoms with Crippen LogP contribution in [-0.2, 0) is 16.4 Å². The predicted molar refractivity (Wildman–Crippen MR) is 81.0 cm³/mol. The lowest BCUT2D eigenvalue weighted by atomic mass is 10.2. The number of nitrogens with zero attached hydrogens (tertiary/aromatic N) is 1. The van der Waals surface area contributed by atoms with Crippen molar-refractivity contribution >= 4 is 10.0 Å². The molecule has 1 aromatic rings. The second kappa shape index (κ2) is 6.70. The van der Waals surface area contributed by atoms with Gasteiger partial charge in [0.15, 0.2) is 0 Å². The van der Waals surface area contributed by atoms with Gasteiger partial charge in [-0.15, -0.1) is 0 Å². The molecule has 1 fully saturated rings. The molecule has 5 heteroatoms. The second-order valence-electron chi connectivity index (χ2n) is 5.38. The Bertz CT molecular complexity index is 521. The normalized spacial score (nSPS) is 15.8. The van der Waals surface area contributed by atoms with Crippen molar-refractivity contribution in [3.8, 4) is 0 Å². The monoisotopic (exact) mass is 296 g/mol. The lowest BCUT2D eigenvalue weighted by Crippen LogP contribution is -2.34. The summed E-state index contributed by atoms with van der Waals surface area (Å²) in [6.45, 7) is 3.30. The molecule has 1 saturated carbocycles. The maximum absolute atomic E-state index is 12.7. The summed E-state index contributed by atoms with van der Waals surface area (Å²) < 4.78 is 27.1. The van der Waals surface area contributed by atoms with E-state index in [9.17, 15) is 8.42 Å². The van der Waals surface area contributed by atoms with Gasteiger partial charge in [0.2, 0.25) is 10.0 Å². The van der Waals surface area contributed by atoms with Gasteiger partial charge in [0.25, 0.3) is 0 Å². The standard InChI is InChI=1S/C15H24N2O2S/c1-2-3-12-17(14-6-7-14)20(18,19)15-8-4-13(5-9-15)10-11-16/h4-5,8-9,14H,2-3,6-7,10-12,16H2,1H3. The summed E-state index contributed by atoms with van der Waals surface area (Å²) in [5.74, 6) is 0. The first-order chi connectivity index (χ1) is 9.59. The fourth-order valence-electron chi connectivity index (χ4n) is 2.31. The van der Waals surface area contributed by atoms with E-state index in [0.29, 0.717) is 18.0 Å². The van der Waals surface area contributed by atoms with Crippen LogP contribution in [0.1, 0.15) is 38.2 Å². The number of nitrogens with two attached hydrogens (primary N) is 1. The Morgan fingerprint density at radius 2 is 1.90 bits per heavy atom. The molecule has 4 nitrogen and oxygen atoms in total. The molecule has 0 spiro atoms. The van der Waals surface area contributed by atoms with Crippen LogP contribution in [0.5, 0.6) is 0 Å². The van der Waals surface area contributed by atoms with Crippen LogP contribution in [0, 0.1) is 0 Å². The van der Waals surface area contributed by atoms with Crippen LogP contribution in [0.4, 0.5) is 0 Å². The number of unbranched alkanes of at least 4 members (excludes halogenated alkanes) is 1. The predicted octanol–water partition coefficient (Wildman–Crippen LogP) is 2.14. The zero-order valence-electron chi connectivity index (χ0n) is 12.1. The van der Waals surface area contributed by atoms with Gasteiger partial charge in [-0.3, -0.25) is 0 Å². The molecule has 1 aromatic carbocycles. The third-order valence-electron chi connectivity index (χ3n) is 3.65. The molecule has 2 N–H and O–H groups in total. The van der Waals surface area contributed by atoms with Gasteiger partial charge in [-0.25, -0.2) is 8.42 Å². The first kappa shape index (κ1) is 15.5. The van der Waals surface area contributed by atoms with Crippen molar-refractivity contribution in [1.29, 1.82) is 0 Å². The highest BCUT2D eigenvalue weighted by Crippen LogP contribution is 2.32. The molecule has 2 rings (SSSR count). The van der Waals surface area contributed by atoms with E-state index in [-0.39, 0.29) is 6.04 Å². The Morgan fingerprint density at radius 1 is 1.25 bits per heavy atom. The molecule has 0 aliphatic heterocycles. The number of sulfonamides is 1. The first-order valence-corrected chi connectivity index (χ1v) is 8.84. The Balaban J connectivity index is 2.18. The summed E-state index contributed by atoms with van der Waals surface area (Å²) in [5, 5.41) is 0. The highest BCUT2D eigenvalue weighted by atomic mass is 32.2. The summed E-state index contributed by atoms with van der Waals surface area (Å²) >= 11 is 0. The molecule has 0 saturated heterocycles. The van der Waals surface area contributed by atoms with Crippen LogP contribution in [0.2, 0.25) is 0 Å². The average molecular weight is 296 g/mol. The summed E-state index contributed by atoms with van der Waals surface area (Å²) in [6.07, 6.45) is 4.69. The van der Waals surface area contributed by atoms with Gasteiger partial charge in [-0.05, 0) is 49.9 Å². The molecule has 20 heavy (non-hydrogen) atoms. The average Bonchev–Trinajstić information content (AvgIpc) is 3.24. The van der Waals surface area contributed by atoms with Crippen LogP contribution in [0.15, 0.2) is 29.2 Å². The summed E-state index contributed by atoms with van der Waals surface area (Å²) in [6, 6.07) is 7.37. The van der Waals surface area contributed by atoms with E-state index in [1.165, 1.54) is 0 Å². The van der Waals surface area contributed by atoms with Crippen LogP contribution in [0.25, 0.3) is 0 Å². The van der Waals surface area contributed by atoms with Crippen molar-refractivity contribution in [2.75, 3.05) is 13.1 Å². The van der Waals surface area contributed by atoms with E-state index < -0.39 is 10.0 Å². The SMILES string of the molecule is CCCCN(C1CC1)S(=O)(=O)c1ccc(CCN)cc1. The summed E-state index contributed by atoms with van der Waals surface area (Å²) in [7, 11) is -3.34. The van der Waals surface area contributed by atoms with Gasteiger partial charge in [0.05, 0.1) is 4.90 Å². The van der Waals surface area contributed by atoms with Gasteiger partial charge < -0.3 is 5.73 Å². The molecule has 1 aliphatic rings. The first-order valence-electron chi connectivity index (χ1n) is 7.40. The molecular weight excluding hydrogens is 272 g/mol. The molecular formula is C15H24N2O2S. The third kappa shape index (κ3) is 3.59. The van der Waals surface area contributed by atoms with Crippen molar-refractivity contribution in [1.82, 2.24) is 4.31 Å². The zero-order chi connectivity index (χ0) is 14.6. The minimum Gasteiger partial charge on any atom is -0.330 e. The van der Waals surface area contributed by atoms with E-state index in [1.807, 2.05) is 12.1 Å². The minimum atomic E-state index is -3.34. The molecule has 0 amide bonds. The quantitative estimate of drug-likeness (QED) is 0.799. The number of rotatable bonds is 8. The Kier molecular flexibility index (Phi) is 5.18. The van der Waals surface area contributed by atoms with Crippen LogP contribution in [-0.4, -0.2) is 31.9 Å². The third-order valence-corrected chi connectivity index (χ3v) is 5.62. The molecule has 0 atom stereocenters. The lowest BCUT2D eigenvalue weighted by molar-refractivity contribution is 0.395. The molecule has 0 bridgehead atoms. The molecule has 0 heterocycles. The van der Waals surface area contributed by atoms with Gasteiger partial charge in [-0.2, -0.15) is 4.31 Å².